The van der Waals surface area contributed by atoms with Crippen LogP contribution < -0.4 is 0 Å². The quantitative estimate of drug-likeness (QED) is 0.655. The fraction of sp³-hybridized carbons (Fsp3) is 0.333. The van der Waals surface area contributed by atoms with E-state index in [1.54, 1.807) is 11.3 Å². The SMILES string of the molecule is CC.CCc1ccc(-c2ccc(Br)s2)s1. The van der Waals surface area contributed by atoms with E-state index < -0.39 is 0 Å². The molecule has 0 saturated heterocycles. The Hall–Kier alpha value is -0.120. The van der Waals surface area contributed by atoms with Gasteiger partial charge in [-0.15, -0.1) is 22.7 Å². The summed E-state index contributed by atoms with van der Waals surface area (Å²) in [4.78, 5) is 4.20. The van der Waals surface area contributed by atoms with Gasteiger partial charge in [0.2, 0.25) is 0 Å². The molecule has 0 bridgehead atoms. The van der Waals surface area contributed by atoms with Gasteiger partial charge in [0, 0.05) is 14.6 Å². The van der Waals surface area contributed by atoms with Crippen LogP contribution in [0.5, 0.6) is 0 Å². The minimum absolute atomic E-state index is 1.14. The molecule has 0 amide bonds. The van der Waals surface area contributed by atoms with Crippen LogP contribution in [0, 0.1) is 0 Å². The van der Waals surface area contributed by atoms with E-state index in [1.165, 1.54) is 18.4 Å². The highest BCUT2D eigenvalue weighted by atomic mass is 79.9. The fourth-order valence-electron chi connectivity index (χ4n) is 1.15. The zero-order chi connectivity index (χ0) is 11.3. The molecule has 0 N–H and O–H groups in total. The molecule has 2 aromatic rings. The van der Waals surface area contributed by atoms with Gasteiger partial charge in [-0.05, 0) is 46.6 Å². The Balaban J connectivity index is 0.000000531. The Bertz CT molecular complexity index is 401. The van der Waals surface area contributed by atoms with Crippen LogP contribution in [0.3, 0.4) is 0 Å². The third kappa shape index (κ3) is 3.44. The summed E-state index contributed by atoms with van der Waals surface area (Å²) in [5, 5.41) is 0. The molecular weight excluding hydrogens is 288 g/mol. The van der Waals surface area contributed by atoms with Crippen LogP contribution >= 0.6 is 38.6 Å². The predicted octanol–water partition coefficient (Wildman–Crippen LogP) is 5.83. The Morgan fingerprint density at radius 3 is 2.07 bits per heavy atom. The van der Waals surface area contributed by atoms with Crippen LogP contribution in [0.4, 0.5) is 0 Å². The number of hydrogen-bond donors (Lipinski definition) is 0. The van der Waals surface area contributed by atoms with E-state index in [0.717, 1.165) is 6.42 Å². The summed E-state index contributed by atoms with van der Waals surface area (Å²) in [5.41, 5.74) is 0. The summed E-state index contributed by atoms with van der Waals surface area (Å²) in [6.07, 6.45) is 1.14. The van der Waals surface area contributed by atoms with Crippen LogP contribution in [-0.4, -0.2) is 0 Å². The number of aryl methyl sites for hydroxylation is 1. The summed E-state index contributed by atoms with van der Waals surface area (Å²) in [6, 6.07) is 8.70. The normalized spacial score (nSPS) is 9.60. The molecule has 3 heteroatoms. The van der Waals surface area contributed by atoms with Crippen molar-refractivity contribution in [3.63, 3.8) is 0 Å². The van der Waals surface area contributed by atoms with Gasteiger partial charge < -0.3 is 0 Å². The third-order valence-corrected chi connectivity index (χ3v) is 4.88. The Labute approximate surface area is 108 Å². The van der Waals surface area contributed by atoms with Crippen LogP contribution in [-0.2, 0) is 6.42 Å². The number of hydrogen-bond acceptors (Lipinski definition) is 2. The van der Waals surface area contributed by atoms with Gasteiger partial charge in [-0.3, -0.25) is 0 Å². The monoisotopic (exact) mass is 302 g/mol. The maximum absolute atomic E-state index is 3.48. The van der Waals surface area contributed by atoms with Crippen molar-refractivity contribution in [1.82, 2.24) is 0 Å². The summed E-state index contributed by atoms with van der Waals surface area (Å²) in [7, 11) is 0. The first kappa shape index (κ1) is 12.9. The van der Waals surface area contributed by atoms with E-state index in [0.29, 0.717) is 0 Å². The molecule has 0 radical (unpaired) electrons. The molecule has 15 heavy (non-hydrogen) atoms. The average molecular weight is 303 g/mol. The van der Waals surface area contributed by atoms with E-state index in [9.17, 15) is 0 Å². The number of halogens is 1. The van der Waals surface area contributed by atoms with Gasteiger partial charge in [-0.25, -0.2) is 0 Å². The maximum atomic E-state index is 3.48. The Morgan fingerprint density at radius 1 is 1.00 bits per heavy atom. The molecule has 0 aliphatic carbocycles. The lowest BCUT2D eigenvalue weighted by atomic mass is 10.3. The van der Waals surface area contributed by atoms with Crippen molar-refractivity contribution in [3.05, 3.63) is 32.9 Å². The molecule has 0 aliphatic heterocycles. The van der Waals surface area contributed by atoms with E-state index in [4.69, 9.17) is 0 Å². The third-order valence-electron chi connectivity index (χ3n) is 1.83. The highest BCUT2D eigenvalue weighted by Crippen LogP contribution is 2.35. The minimum Gasteiger partial charge on any atom is -0.139 e. The van der Waals surface area contributed by atoms with Gasteiger partial charge in [-0.2, -0.15) is 0 Å². The highest BCUT2D eigenvalue weighted by molar-refractivity contribution is 9.11. The van der Waals surface area contributed by atoms with Gasteiger partial charge in [0.05, 0.1) is 3.79 Å². The van der Waals surface area contributed by atoms with Gasteiger partial charge in [-0.1, -0.05) is 20.8 Å². The second-order valence-electron chi connectivity index (χ2n) is 2.72. The molecule has 0 saturated carbocycles. The number of rotatable bonds is 2. The van der Waals surface area contributed by atoms with Crippen molar-refractivity contribution in [2.75, 3.05) is 0 Å². The van der Waals surface area contributed by atoms with Crippen molar-refractivity contribution in [2.45, 2.75) is 27.2 Å². The second-order valence-corrected chi connectivity index (χ2v) is 6.35. The Kier molecular flexibility index (Phi) is 5.58. The number of thiophene rings is 2. The zero-order valence-corrected chi connectivity index (χ0v) is 12.4. The van der Waals surface area contributed by atoms with Crippen molar-refractivity contribution in [1.29, 1.82) is 0 Å². The molecule has 2 rings (SSSR count). The summed E-state index contributed by atoms with van der Waals surface area (Å²) in [5.74, 6) is 0. The molecule has 82 valence electrons. The molecule has 2 aromatic heterocycles. The van der Waals surface area contributed by atoms with Gasteiger partial charge in [0.1, 0.15) is 0 Å². The molecule has 2 heterocycles. The topological polar surface area (TPSA) is 0 Å². The summed E-state index contributed by atoms with van der Waals surface area (Å²) < 4.78 is 1.20. The first-order chi connectivity index (χ1) is 7.29. The summed E-state index contributed by atoms with van der Waals surface area (Å²) >= 11 is 7.16. The molecule has 0 fully saturated rings. The van der Waals surface area contributed by atoms with E-state index in [1.807, 2.05) is 25.2 Å². The largest absolute Gasteiger partial charge is 0.139 e. The average Bonchev–Trinajstić information content (AvgIpc) is 2.88. The summed E-state index contributed by atoms with van der Waals surface area (Å²) in [6.45, 7) is 6.19. The molecule has 0 atom stereocenters. The Morgan fingerprint density at radius 2 is 1.60 bits per heavy atom. The molecule has 0 spiro atoms. The van der Waals surface area contributed by atoms with Crippen molar-refractivity contribution < 1.29 is 0 Å². The predicted molar refractivity (Wildman–Crippen MR) is 76.1 cm³/mol. The van der Waals surface area contributed by atoms with Gasteiger partial charge in [0.25, 0.3) is 0 Å². The smallest absolute Gasteiger partial charge is 0.0705 e. The lowest BCUT2D eigenvalue weighted by Crippen LogP contribution is -1.63. The fourth-order valence-corrected chi connectivity index (χ4v) is 3.57. The van der Waals surface area contributed by atoms with Crippen molar-refractivity contribution in [2.24, 2.45) is 0 Å². The molecular formula is C12H15BrS2. The van der Waals surface area contributed by atoms with Gasteiger partial charge in [0.15, 0.2) is 0 Å². The zero-order valence-electron chi connectivity index (χ0n) is 9.21. The molecule has 0 aromatic carbocycles. The van der Waals surface area contributed by atoms with Crippen LogP contribution in [0.25, 0.3) is 9.75 Å². The lowest BCUT2D eigenvalue weighted by molar-refractivity contribution is 1.19. The lowest BCUT2D eigenvalue weighted by Gasteiger charge is -1.88. The highest BCUT2D eigenvalue weighted by Gasteiger charge is 2.03. The minimum atomic E-state index is 1.14. The molecule has 0 unspecified atom stereocenters. The van der Waals surface area contributed by atoms with E-state index in [2.05, 4.69) is 47.1 Å². The van der Waals surface area contributed by atoms with Crippen LogP contribution in [0.1, 0.15) is 25.6 Å². The molecule has 0 nitrogen and oxygen atoms in total. The van der Waals surface area contributed by atoms with Crippen molar-refractivity contribution in [3.8, 4) is 9.75 Å². The second kappa shape index (κ2) is 6.46. The van der Waals surface area contributed by atoms with Gasteiger partial charge >= 0.3 is 0 Å². The maximum Gasteiger partial charge on any atom is 0.0705 e. The van der Waals surface area contributed by atoms with Crippen molar-refractivity contribution >= 4 is 38.6 Å². The van der Waals surface area contributed by atoms with Crippen LogP contribution in [0.2, 0.25) is 0 Å². The first-order valence-corrected chi connectivity index (χ1v) is 7.56. The van der Waals surface area contributed by atoms with E-state index in [-0.39, 0.29) is 0 Å². The van der Waals surface area contributed by atoms with E-state index >= 15 is 0 Å². The van der Waals surface area contributed by atoms with Crippen LogP contribution in [0.15, 0.2) is 28.1 Å². The standard InChI is InChI=1S/C10H9BrS2.C2H6/c1-2-7-3-4-8(12-7)9-5-6-10(11)13-9;1-2/h3-6H,2H2,1H3;1-2H3. The first-order valence-electron chi connectivity index (χ1n) is 5.14. The molecule has 0 aliphatic rings.